The van der Waals surface area contributed by atoms with E-state index in [-0.39, 0.29) is 11.2 Å². The Morgan fingerprint density at radius 3 is 2.56 bits per heavy atom. The molecule has 2 heterocycles. The lowest BCUT2D eigenvalue weighted by Gasteiger charge is -2.31. The Labute approximate surface area is 199 Å². The summed E-state index contributed by atoms with van der Waals surface area (Å²) in [4.78, 5) is 8.86. The number of hydrogen-bond donors (Lipinski definition) is 2. The summed E-state index contributed by atoms with van der Waals surface area (Å²) in [6.45, 7) is 7.25. The fourth-order valence-electron chi connectivity index (χ4n) is 3.82. The van der Waals surface area contributed by atoms with Crippen molar-refractivity contribution in [2.45, 2.75) is 45.1 Å². The second-order valence-corrected chi connectivity index (χ2v) is 10.1. The van der Waals surface area contributed by atoms with E-state index in [4.69, 9.17) is 7.85 Å². The van der Waals surface area contributed by atoms with Gasteiger partial charge in [-0.15, -0.1) is 5.10 Å². The lowest BCUT2D eigenvalue weighted by atomic mass is 9.69. The molecule has 7 nitrogen and oxygen atoms in total. The van der Waals surface area contributed by atoms with Crippen molar-refractivity contribution in [2.24, 2.45) is 5.41 Å². The average molecular weight is 455 g/mol. The number of anilines is 2. The smallest absolute Gasteiger partial charge is 0.137 e. The van der Waals surface area contributed by atoms with Gasteiger partial charge in [-0.3, -0.25) is 0 Å². The number of aromatic nitrogens is 5. The Hall–Kier alpha value is -3.49. The fraction of sp³-hybridized carbons (Fsp3) is 0.360. The molecule has 0 bridgehead atoms. The molecule has 5 rings (SSSR count). The highest BCUT2D eigenvalue weighted by Gasteiger charge is 2.34. The SMILES string of the molecule is [B]C(Nc1ccc2ncnc(NCC(C)(C)C)c2c1)(c1ccc(F)cc1)c1cn(C2CC2)nn1. The Kier molecular flexibility index (Phi) is 5.50. The van der Waals surface area contributed by atoms with Crippen LogP contribution >= 0.6 is 0 Å². The second kappa shape index (κ2) is 8.38. The molecule has 4 aromatic rings. The van der Waals surface area contributed by atoms with Gasteiger partial charge in [-0.05, 0) is 54.2 Å². The monoisotopic (exact) mass is 455 g/mol. The summed E-state index contributed by atoms with van der Waals surface area (Å²) >= 11 is 0. The molecule has 0 amide bonds. The maximum absolute atomic E-state index is 13.7. The molecule has 2 aromatic heterocycles. The second-order valence-electron chi connectivity index (χ2n) is 10.1. The molecule has 1 aliphatic rings. The lowest BCUT2D eigenvalue weighted by molar-refractivity contribution is 0.442. The minimum absolute atomic E-state index is 0.0928. The molecule has 0 saturated heterocycles. The van der Waals surface area contributed by atoms with Gasteiger partial charge in [-0.25, -0.2) is 19.0 Å². The summed E-state index contributed by atoms with van der Waals surface area (Å²) in [5, 5.41) is 16.4. The molecular weight excluding hydrogens is 428 g/mol. The summed E-state index contributed by atoms with van der Waals surface area (Å²) in [5.74, 6) is 0.429. The molecule has 1 atom stereocenters. The molecule has 2 radical (unpaired) electrons. The minimum Gasteiger partial charge on any atom is -0.378 e. The maximum atomic E-state index is 13.7. The van der Waals surface area contributed by atoms with Crippen LogP contribution in [0.25, 0.3) is 10.9 Å². The van der Waals surface area contributed by atoms with Crippen LogP contribution < -0.4 is 10.6 Å². The van der Waals surface area contributed by atoms with Crippen molar-refractivity contribution in [2.75, 3.05) is 17.2 Å². The van der Waals surface area contributed by atoms with Gasteiger partial charge in [0, 0.05) is 17.6 Å². The number of hydrogen-bond acceptors (Lipinski definition) is 6. The van der Waals surface area contributed by atoms with E-state index in [0.29, 0.717) is 17.3 Å². The molecule has 34 heavy (non-hydrogen) atoms. The Morgan fingerprint density at radius 1 is 1.09 bits per heavy atom. The highest BCUT2D eigenvalue weighted by molar-refractivity contribution is 6.19. The van der Waals surface area contributed by atoms with Gasteiger partial charge in [0.2, 0.25) is 0 Å². The summed E-state index contributed by atoms with van der Waals surface area (Å²) in [5.41, 5.74) is 1.68. The first-order chi connectivity index (χ1) is 16.2. The van der Waals surface area contributed by atoms with Gasteiger partial charge >= 0.3 is 0 Å². The third-order valence-corrected chi connectivity index (χ3v) is 5.90. The van der Waals surface area contributed by atoms with Crippen molar-refractivity contribution in [1.29, 1.82) is 0 Å². The van der Waals surface area contributed by atoms with Crippen molar-refractivity contribution >= 4 is 30.3 Å². The van der Waals surface area contributed by atoms with Gasteiger partial charge in [0.1, 0.15) is 31.5 Å². The number of nitrogens with one attached hydrogen (secondary N) is 2. The lowest BCUT2D eigenvalue weighted by Crippen LogP contribution is -2.37. The Morgan fingerprint density at radius 2 is 1.85 bits per heavy atom. The zero-order chi connectivity index (χ0) is 23.9. The van der Waals surface area contributed by atoms with E-state index in [9.17, 15) is 4.39 Å². The molecule has 1 fully saturated rings. The number of fused-ring (bicyclic) bond motifs is 1. The van der Waals surface area contributed by atoms with Crippen molar-refractivity contribution in [3.63, 3.8) is 0 Å². The van der Waals surface area contributed by atoms with Crippen LogP contribution in [0.5, 0.6) is 0 Å². The van der Waals surface area contributed by atoms with Crippen LogP contribution in [-0.4, -0.2) is 39.4 Å². The van der Waals surface area contributed by atoms with E-state index in [1.165, 1.54) is 12.1 Å². The van der Waals surface area contributed by atoms with E-state index in [1.807, 2.05) is 29.1 Å². The van der Waals surface area contributed by atoms with E-state index >= 15 is 0 Å². The first-order valence-corrected chi connectivity index (χ1v) is 11.5. The summed E-state index contributed by atoms with van der Waals surface area (Å²) in [7, 11) is 6.96. The zero-order valence-electron chi connectivity index (χ0n) is 19.6. The van der Waals surface area contributed by atoms with Crippen molar-refractivity contribution in [3.8, 4) is 0 Å². The highest BCUT2D eigenvalue weighted by atomic mass is 19.1. The number of benzene rings is 2. The molecule has 2 aromatic carbocycles. The topological polar surface area (TPSA) is 80.5 Å². The van der Waals surface area contributed by atoms with Gasteiger partial charge in [-0.2, -0.15) is 0 Å². The fourth-order valence-corrected chi connectivity index (χ4v) is 3.82. The summed E-state index contributed by atoms with van der Waals surface area (Å²) in [6.07, 6.45) is 5.59. The van der Waals surface area contributed by atoms with Crippen LogP contribution in [-0.2, 0) is 5.44 Å². The van der Waals surface area contributed by atoms with E-state index in [1.54, 1.807) is 18.5 Å². The molecular formula is C25H27BFN7. The van der Waals surface area contributed by atoms with Gasteiger partial charge < -0.3 is 10.6 Å². The van der Waals surface area contributed by atoms with Gasteiger partial charge in [0.25, 0.3) is 0 Å². The van der Waals surface area contributed by atoms with Crippen LogP contribution in [0.15, 0.2) is 55.0 Å². The van der Waals surface area contributed by atoms with Gasteiger partial charge in [-0.1, -0.05) is 38.1 Å². The molecule has 9 heteroatoms. The standard InChI is InChI=1S/C25H27BFN7/c1-24(2,3)14-28-23-20-12-18(8-11-21(20)29-15-30-23)31-25(26,16-4-6-17(27)7-5-16)22-13-34(33-32-22)19-9-10-19/h4-8,11-13,15,19,31H,9-10,14H2,1-3H3,(H,28,29,30). The van der Waals surface area contributed by atoms with Gasteiger partial charge in [0.15, 0.2) is 0 Å². The molecule has 1 aliphatic carbocycles. The molecule has 1 saturated carbocycles. The Balaban J connectivity index is 1.53. The van der Waals surface area contributed by atoms with E-state index < -0.39 is 5.44 Å². The van der Waals surface area contributed by atoms with E-state index in [0.717, 1.165) is 41.8 Å². The van der Waals surface area contributed by atoms with Crippen LogP contribution in [0.3, 0.4) is 0 Å². The van der Waals surface area contributed by atoms with Crippen molar-refractivity contribution in [1.82, 2.24) is 25.0 Å². The van der Waals surface area contributed by atoms with Crippen molar-refractivity contribution < 1.29 is 4.39 Å². The maximum Gasteiger partial charge on any atom is 0.137 e. The molecule has 0 aliphatic heterocycles. The van der Waals surface area contributed by atoms with Crippen LogP contribution in [0.4, 0.5) is 15.9 Å². The first-order valence-electron chi connectivity index (χ1n) is 11.5. The summed E-state index contributed by atoms with van der Waals surface area (Å²) < 4.78 is 15.5. The van der Waals surface area contributed by atoms with Crippen LogP contribution in [0.1, 0.15) is 50.9 Å². The third-order valence-electron chi connectivity index (χ3n) is 5.90. The van der Waals surface area contributed by atoms with Crippen molar-refractivity contribution in [3.05, 3.63) is 72.1 Å². The molecule has 2 N–H and O–H groups in total. The average Bonchev–Trinajstić information content (AvgIpc) is 3.53. The zero-order valence-corrected chi connectivity index (χ0v) is 19.6. The van der Waals surface area contributed by atoms with Gasteiger partial charge in [0.05, 0.1) is 23.2 Å². The Bertz CT molecular complexity index is 1310. The number of nitrogens with zero attached hydrogens (tertiary/aromatic N) is 5. The van der Waals surface area contributed by atoms with Crippen LogP contribution in [0, 0.1) is 11.2 Å². The number of halogens is 1. The third kappa shape index (κ3) is 4.60. The van der Waals surface area contributed by atoms with Crippen LogP contribution in [0.2, 0.25) is 0 Å². The minimum atomic E-state index is -1.22. The molecule has 172 valence electrons. The predicted molar refractivity (Wildman–Crippen MR) is 132 cm³/mol. The largest absolute Gasteiger partial charge is 0.378 e. The summed E-state index contributed by atoms with van der Waals surface area (Å²) in [6, 6.07) is 12.3. The molecule has 1 unspecified atom stereocenters. The normalized spacial score (nSPS) is 15.8. The van der Waals surface area contributed by atoms with E-state index in [2.05, 4.69) is 51.7 Å². The highest BCUT2D eigenvalue weighted by Crippen LogP contribution is 2.36. The first kappa shape index (κ1) is 22.3. The predicted octanol–water partition coefficient (Wildman–Crippen LogP) is 4.64. The quantitative estimate of drug-likeness (QED) is 0.396. The molecule has 0 spiro atoms. The number of rotatable bonds is 7.